The monoisotopic (exact) mass is 572 g/mol. The molecule has 3 aromatic carbocycles. The third-order valence-electron chi connectivity index (χ3n) is 7.44. The maximum atomic E-state index is 13.6. The number of phenols is 1. The third-order valence-corrected chi connectivity index (χ3v) is 7.44. The maximum Gasteiger partial charge on any atom is 0.273 e. The first kappa shape index (κ1) is 29.0. The topological polar surface area (TPSA) is 146 Å². The molecule has 0 radical (unpaired) electrons. The molecular weight excluding hydrogens is 540 g/mol. The van der Waals surface area contributed by atoms with Crippen molar-refractivity contribution in [3.05, 3.63) is 102 Å². The molecule has 43 heavy (non-hydrogen) atoms. The molecule has 0 fully saturated rings. The number of hydrogen-bond acceptors (Lipinski definition) is 6. The van der Waals surface area contributed by atoms with Crippen molar-refractivity contribution in [1.29, 1.82) is 5.26 Å². The molecule has 0 aliphatic rings. The Labute approximate surface area is 249 Å². The molecule has 2 heterocycles. The standard InChI is InChI=1S/C34H32N6O3/c1-34(2,19-36)20-37-32(42)23-11-8-10-21(15-23)25-17-27(24-12-5-7-14-30(24)41)38-31(26(25)18-35)39-33(43)29-16-22-9-4-6-13-28(22)40(29)3/h4-17,41H,19-20,36H2,1-3H3,(H,37,42)(H,38,39,43). The fraction of sp³-hybridized carbons (Fsp3) is 0.176. The number of fused-ring (bicyclic) bond motifs is 1. The zero-order valence-corrected chi connectivity index (χ0v) is 24.2. The molecule has 9 nitrogen and oxygen atoms in total. The number of aromatic nitrogens is 2. The summed E-state index contributed by atoms with van der Waals surface area (Å²) < 4.78 is 1.78. The molecule has 0 atom stereocenters. The van der Waals surface area contributed by atoms with Gasteiger partial charge in [0.1, 0.15) is 23.1 Å². The van der Waals surface area contributed by atoms with E-state index in [2.05, 4.69) is 21.7 Å². The summed E-state index contributed by atoms with van der Waals surface area (Å²) in [6, 6.07) is 26.9. The molecular formula is C34H32N6O3. The van der Waals surface area contributed by atoms with Gasteiger partial charge in [-0.3, -0.25) is 9.59 Å². The zero-order chi connectivity index (χ0) is 30.7. The molecule has 5 N–H and O–H groups in total. The number of nitriles is 1. The number of aromatic hydroxyl groups is 1. The Morgan fingerprint density at radius 2 is 1.72 bits per heavy atom. The van der Waals surface area contributed by atoms with Crippen LogP contribution in [-0.4, -0.2) is 39.6 Å². The number of pyridine rings is 1. The lowest BCUT2D eigenvalue weighted by Gasteiger charge is -2.22. The van der Waals surface area contributed by atoms with E-state index in [-0.39, 0.29) is 28.5 Å². The maximum absolute atomic E-state index is 13.6. The summed E-state index contributed by atoms with van der Waals surface area (Å²) >= 11 is 0. The van der Waals surface area contributed by atoms with Crippen LogP contribution in [-0.2, 0) is 7.05 Å². The number of carbonyl (C=O) groups is 2. The number of anilines is 1. The number of phenolic OH excluding ortho intramolecular Hbond substituents is 1. The molecule has 0 unspecified atom stereocenters. The number of nitrogens with two attached hydrogens (primary N) is 1. The average molecular weight is 573 g/mol. The Morgan fingerprint density at radius 1 is 0.977 bits per heavy atom. The van der Waals surface area contributed by atoms with Crippen molar-refractivity contribution in [2.45, 2.75) is 13.8 Å². The van der Waals surface area contributed by atoms with Crippen molar-refractivity contribution >= 4 is 28.5 Å². The molecule has 2 aromatic heterocycles. The summed E-state index contributed by atoms with van der Waals surface area (Å²) in [5.74, 6) is -0.694. The molecule has 5 rings (SSSR count). The molecule has 0 aliphatic heterocycles. The molecule has 0 saturated heterocycles. The van der Waals surface area contributed by atoms with Gasteiger partial charge in [-0.25, -0.2) is 4.98 Å². The van der Waals surface area contributed by atoms with E-state index in [1.807, 2.05) is 38.1 Å². The first-order valence-corrected chi connectivity index (χ1v) is 13.8. The minimum atomic E-state index is -0.446. The molecule has 9 heteroatoms. The molecule has 0 aliphatic carbocycles. The van der Waals surface area contributed by atoms with E-state index >= 15 is 0 Å². The van der Waals surface area contributed by atoms with Crippen LogP contribution in [0.25, 0.3) is 33.3 Å². The highest BCUT2D eigenvalue weighted by Crippen LogP contribution is 2.36. The highest BCUT2D eigenvalue weighted by Gasteiger charge is 2.22. The van der Waals surface area contributed by atoms with Crippen molar-refractivity contribution in [2.75, 3.05) is 18.4 Å². The van der Waals surface area contributed by atoms with Crippen LogP contribution in [0.5, 0.6) is 5.75 Å². The lowest BCUT2D eigenvalue weighted by atomic mass is 9.93. The van der Waals surface area contributed by atoms with Gasteiger partial charge in [-0.1, -0.05) is 56.3 Å². The number of carbonyl (C=O) groups excluding carboxylic acids is 2. The number of para-hydroxylation sites is 2. The molecule has 0 saturated carbocycles. The van der Waals surface area contributed by atoms with Crippen molar-refractivity contribution in [2.24, 2.45) is 18.2 Å². The lowest BCUT2D eigenvalue weighted by Crippen LogP contribution is -2.38. The molecule has 216 valence electrons. The number of nitrogens with one attached hydrogen (secondary N) is 2. The summed E-state index contributed by atoms with van der Waals surface area (Å²) in [4.78, 5) is 31.2. The Hall–Kier alpha value is -5.46. The normalized spacial score (nSPS) is 11.2. The van der Waals surface area contributed by atoms with Crippen LogP contribution in [0.15, 0.2) is 84.9 Å². The number of benzene rings is 3. The molecule has 2 amide bonds. The van der Waals surface area contributed by atoms with Crippen molar-refractivity contribution in [1.82, 2.24) is 14.9 Å². The van der Waals surface area contributed by atoms with Gasteiger partial charge in [0.25, 0.3) is 11.8 Å². The first-order valence-electron chi connectivity index (χ1n) is 13.8. The summed E-state index contributed by atoms with van der Waals surface area (Å²) in [7, 11) is 1.80. The van der Waals surface area contributed by atoms with Crippen molar-refractivity contribution < 1.29 is 14.7 Å². The third kappa shape index (κ3) is 5.96. The largest absolute Gasteiger partial charge is 0.507 e. The molecule has 5 aromatic rings. The second-order valence-electron chi connectivity index (χ2n) is 11.1. The van der Waals surface area contributed by atoms with Gasteiger partial charge in [0.05, 0.1) is 5.69 Å². The average Bonchev–Trinajstić information content (AvgIpc) is 3.36. The van der Waals surface area contributed by atoms with E-state index in [4.69, 9.17) is 5.73 Å². The zero-order valence-electron chi connectivity index (χ0n) is 24.2. The summed E-state index contributed by atoms with van der Waals surface area (Å²) in [6.45, 7) is 4.74. The number of rotatable bonds is 8. The minimum Gasteiger partial charge on any atom is -0.507 e. The van der Waals surface area contributed by atoms with Gasteiger partial charge in [0.2, 0.25) is 0 Å². The summed E-state index contributed by atoms with van der Waals surface area (Å²) in [5.41, 5.74) is 9.12. The fourth-order valence-electron chi connectivity index (χ4n) is 4.80. The van der Waals surface area contributed by atoms with Gasteiger partial charge in [-0.2, -0.15) is 5.26 Å². The van der Waals surface area contributed by atoms with Crippen LogP contribution in [0, 0.1) is 16.7 Å². The SMILES string of the molecule is Cn1c(C(=O)Nc2nc(-c3ccccc3O)cc(-c3cccc(C(=O)NCC(C)(C)CN)c3)c2C#N)cc2ccccc21. The van der Waals surface area contributed by atoms with E-state index in [0.717, 1.165) is 10.9 Å². The molecule has 0 bridgehead atoms. The van der Waals surface area contributed by atoms with E-state index in [0.29, 0.717) is 46.7 Å². The highest BCUT2D eigenvalue weighted by atomic mass is 16.3. The van der Waals surface area contributed by atoms with Crippen LogP contribution in [0.3, 0.4) is 0 Å². The van der Waals surface area contributed by atoms with Crippen molar-refractivity contribution in [3.63, 3.8) is 0 Å². The van der Waals surface area contributed by atoms with Crippen molar-refractivity contribution in [3.8, 4) is 34.2 Å². The minimum absolute atomic E-state index is 0.00716. The summed E-state index contributed by atoms with van der Waals surface area (Å²) in [5, 5.41) is 27.6. The Bertz CT molecular complexity index is 1900. The van der Waals surface area contributed by atoms with Gasteiger partial charge >= 0.3 is 0 Å². The summed E-state index contributed by atoms with van der Waals surface area (Å²) in [6.07, 6.45) is 0. The number of hydrogen-bond donors (Lipinski definition) is 4. The first-order chi connectivity index (χ1) is 20.6. The Kier molecular flexibility index (Phi) is 7.97. The van der Waals surface area contributed by atoms with E-state index in [1.54, 1.807) is 66.2 Å². The van der Waals surface area contributed by atoms with E-state index in [1.165, 1.54) is 6.07 Å². The van der Waals surface area contributed by atoms with Gasteiger partial charge in [0, 0.05) is 41.2 Å². The smallest absolute Gasteiger partial charge is 0.273 e. The van der Waals surface area contributed by atoms with Gasteiger partial charge < -0.3 is 26.0 Å². The highest BCUT2D eigenvalue weighted by molar-refractivity contribution is 6.07. The Morgan fingerprint density at radius 3 is 2.44 bits per heavy atom. The van der Waals surface area contributed by atoms with Crippen LogP contribution < -0.4 is 16.4 Å². The lowest BCUT2D eigenvalue weighted by molar-refractivity contribution is 0.0937. The predicted molar refractivity (Wildman–Crippen MR) is 168 cm³/mol. The fourth-order valence-corrected chi connectivity index (χ4v) is 4.80. The Balaban J connectivity index is 1.60. The van der Waals surface area contributed by atoms with Crippen LogP contribution >= 0.6 is 0 Å². The van der Waals surface area contributed by atoms with Gasteiger partial charge in [-0.15, -0.1) is 0 Å². The van der Waals surface area contributed by atoms with Crippen LogP contribution in [0.1, 0.15) is 40.3 Å². The van der Waals surface area contributed by atoms with E-state index in [9.17, 15) is 20.0 Å². The second-order valence-corrected chi connectivity index (χ2v) is 11.1. The number of nitrogens with zero attached hydrogens (tertiary/aromatic N) is 3. The number of amides is 2. The molecule has 0 spiro atoms. The second kappa shape index (κ2) is 11.8. The van der Waals surface area contributed by atoms with E-state index < -0.39 is 5.91 Å². The van der Waals surface area contributed by atoms with Gasteiger partial charge in [-0.05, 0) is 60.0 Å². The van der Waals surface area contributed by atoms with Crippen LogP contribution in [0.2, 0.25) is 0 Å². The number of aryl methyl sites for hydroxylation is 1. The predicted octanol–water partition coefficient (Wildman–Crippen LogP) is 5.45. The van der Waals surface area contributed by atoms with Gasteiger partial charge in [0.15, 0.2) is 5.82 Å². The quantitative estimate of drug-likeness (QED) is 0.194. The van der Waals surface area contributed by atoms with Crippen LogP contribution in [0.4, 0.5) is 5.82 Å².